The van der Waals surface area contributed by atoms with Crippen molar-refractivity contribution >= 4 is 39.1 Å². The third-order valence-electron chi connectivity index (χ3n) is 1.45. The van der Waals surface area contributed by atoms with Crippen molar-refractivity contribution in [3.8, 4) is 0 Å². The maximum atomic E-state index is 5.51. The number of thiazole rings is 1. The van der Waals surface area contributed by atoms with E-state index in [1.807, 2.05) is 5.38 Å². The molecule has 0 aliphatic rings. The molecule has 0 radical (unpaired) electrons. The van der Waals surface area contributed by atoms with Crippen LogP contribution in [0.15, 0.2) is 11.6 Å². The second-order valence-electron chi connectivity index (χ2n) is 2.39. The van der Waals surface area contributed by atoms with Gasteiger partial charge in [-0.25, -0.2) is 9.67 Å². The summed E-state index contributed by atoms with van der Waals surface area (Å²) in [7, 11) is 0. The average Bonchev–Trinajstić information content (AvgIpc) is 2.64. The molecule has 2 aromatic heterocycles. The fraction of sp³-hybridized carbons (Fsp3) is 0.167. The standard InChI is InChI=1S/C6H6IN5S/c7-5-1-9-11-12(5)2-4-3-13-6(8)10-4/h1,3H,2H2,(H2,8,10). The van der Waals surface area contributed by atoms with E-state index in [1.165, 1.54) is 11.3 Å². The number of anilines is 1. The molecular weight excluding hydrogens is 301 g/mol. The largest absolute Gasteiger partial charge is 0.375 e. The second-order valence-corrected chi connectivity index (χ2v) is 4.39. The van der Waals surface area contributed by atoms with Gasteiger partial charge in [-0.1, -0.05) is 5.21 Å². The van der Waals surface area contributed by atoms with Gasteiger partial charge in [-0.05, 0) is 22.6 Å². The lowest BCUT2D eigenvalue weighted by Gasteiger charge is -1.96. The molecule has 0 fully saturated rings. The Balaban J connectivity index is 2.19. The molecule has 0 saturated carbocycles. The molecule has 0 unspecified atom stereocenters. The van der Waals surface area contributed by atoms with E-state index < -0.39 is 0 Å². The Morgan fingerprint density at radius 3 is 3.00 bits per heavy atom. The molecule has 2 rings (SSSR count). The van der Waals surface area contributed by atoms with Crippen molar-refractivity contribution in [2.24, 2.45) is 0 Å². The van der Waals surface area contributed by atoms with E-state index in [-0.39, 0.29) is 0 Å². The van der Waals surface area contributed by atoms with E-state index >= 15 is 0 Å². The van der Waals surface area contributed by atoms with Crippen molar-refractivity contribution in [2.75, 3.05) is 5.73 Å². The number of hydrogen-bond acceptors (Lipinski definition) is 5. The van der Waals surface area contributed by atoms with Gasteiger partial charge in [0, 0.05) is 5.38 Å². The third kappa shape index (κ3) is 1.97. The number of hydrogen-bond donors (Lipinski definition) is 1. The van der Waals surface area contributed by atoms with Crippen molar-refractivity contribution in [3.63, 3.8) is 0 Å². The number of halogens is 1. The van der Waals surface area contributed by atoms with Gasteiger partial charge in [0.1, 0.15) is 3.70 Å². The second kappa shape index (κ2) is 3.58. The van der Waals surface area contributed by atoms with Gasteiger partial charge in [-0.15, -0.1) is 16.4 Å². The Kier molecular flexibility index (Phi) is 2.44. The van der Waals surface area contributed by atoms with Crippen LogP contribution < -0.4 is 5.73 Å². The van der Waals surface area contributed by atoms with Gasteiger partial charge in [0.2, 0.25) is 0 Å². The first-order valence-electron chi connectivity index (χ1n) is 3.49. The molecule has 7 heteroatoms. The summed E-state index contributed by atoms with van der Waals surface area (Å²) in [4.78, 5) is 4.13. The minimum Gasteiger partial charge on any atom is -0.375 e. The maximum absolute atomic E-state index is 5.51. The topological polar surface area (TPSA) is 69.6 Å². The highest BCUT2D eigenvalue weighted by Crippen LogP contribution is 2.12. The number of nitrogen functional groups attached to an aromatic ring is 1. The first kappa shape index (κ1) is 8.88. The fourth-order valence-corrected chi connectivity index (χ4v) is 1.85. The SMILES string of the molecule is Nc1nc(Cn2nncc2I)cs1. The van der Waals surface area contributed by atoms with Gasteiger partial charge >= 0.3 is 0 Å². The van der Waals surface area contributed by atoms with E-state index in [0.29, 0.717) is 11.7 Å². The highest BCUT2D eigenvalue weighted by Gasteiger charge is 2.03. The molecule has 2 aromatic rings. The fourth-order valence-electron chi connectivity index (χ4n) is 0.901. The average molecular weight is 307 g/mol. The lowest BCUT2D eigenvalue weighted by Crippen LogP contribution is -2.04. The smallest absolute Gasteiger partial charge is 0.180 e. The van der Waals surface area contributed by atoms with Crippen LogP contribution in [0, 0.1) is 3.70 Å². The summed E-state index contributed by atoms with van der Waals surface area (Å²) in [5.74, 6) is 0. The minimum absolute atomic E-state index is 0.588. The van der Waals surface area contributed by atoms with Crippen LogP contribution in [0.2, 0.25) is 0 Å². The Morgan fingerprint density at radius 2 is 2.46 bits per heavy atom. The van der Waals surface area contributed by atoms with Crippen LogP contribution in [0.1, 0.15) is 5.69 Å². The van der Waals surface area contributed by atoms with Crippen molar-refractivity contribution in [2.45, 2.75) is 6.54 Å². The van der Waals surface area contributed by atoms with Gasteiger partial charge in [0.15, 0.2) is 5.13 Å². The lowest BCUT2D eigenvalue weighted by molar-refractivity contribution is 0.628. The van der Waals surface area contributed by atoms with Crippen molar-refractivity contribution in [1.29, 1.82) is 0 Å². The molecule has 0 spiro atoms. The Hall–Kier alpha value is -0.700. The van der Waals surface area contributed by atoms with E-state index in [1.54, 1.807) is 10.9 Å². The highest BCUT2D eigenvalue weighted by molar-refractivity contribution is 14.1. The van der Waals surface area contributed by atoms with Gasteiger partial charge in [0.05, 0.1) is 18.4 Å². The molecule has 0 saturated heterocycles. The van der Waals surface area contributed by atoms with Crippen molar-refractivity contribution < 1.29 is 0 Å². The molecule has 2 heterocycles. The molecule has 0 bridgehead atoms. The quantitative estimate of drug-likeness (QED) is 0.839. The number of nitrogens with two attached hydrogens (primary N) is 1. The van der Waals surface area contributed by atoms with Crippen LogP contribution >= 0.6 is 33.9 Å². The van der Waals surface area contributed by atoms with Gasteiger partial charge in [-0.2, -0.15) is 0 Å². The summed E-state index contributed by atoms with van der Waals surface area (Å²) in [6.45, 7) is 0.631. The number of nitrogens with zero attached hydrogens (tertiary/aromatic N) is 4. The first-order valence-corrected chi connectivity index (χ1v) is 5.45. The van der Waals surface area contributed by atoms with Crippen LogP contribution in [0.4, 0.5) is 5.13 Å². The third-order valence-corrected chi connectivity index (χ3v) is 3.01. The zero-order chi connectivity index (χ0) is 9.26. The monoisotopic (exact) mass is 307 g/mol. The van der Waals surface area contributed by atoms with E-state index in [9.17, 15) is 0 Å². The predicted octanol–water partition coefficient (Wildman–Crippen LogP) is 0.970. The number of rotatable bonds is 2. The predicted molar refractivity (Wildman–Crippen MR) is 58.4 cm³/mol. The van der Waals surface area contributed by atoms with Crippen LogP contribution in [0.5, 0.6) is 0 Å². The van der Waals surface area contributed by atoms with Crippen LogP contribution in [0.3, 0.4) is 0 Å². The summed E-state index contributed by atoms with van der Waals surface area (Å²) in [6.07, 6.45) is 1.70. The molecule has 0 aromatic carbocycles. The lowest BCUT2D eigenvalue weighted by atomic mass is 10.5. The summed E-state index contributed by atoms with van der Waals surface area (Å²) in [6, 6.07) is 0. The first-order chi connectivity index (χ1) is 6.25. The van der Waals surface area contributed by atoms with E-state index in [2.05, 4.69) is 37.9 Å². The van der Waals surface area contributed by atoms with E-state index in [4.69, 9.17) is 5.73 Å². The zero-order valence-electron chi connectivity index (χ0n) is 6.51. The molecule has 0 aliphatic heterocycles. The highest BCUT2D eigenvalue weighted by atomic mass is 127. The number of aromatic nitrogens is 4. The molecule has 0 amide bonds. The normalized spacial score (nSPS) is 10.5. The minimum atomic E-state index is 0.588. The van der Waals surface area contributed by atoms with Gasteiger partial charge < -0.3 is 5.73 Å². The summed E-state index contributed by atoms with van der Waals surface area (Å²) in [5, 5.41) is 10.2. The maximum Gasteiger partial charge on any atom is 0.180 e. The molecule has 0 atom stereocenters. The summed E-state index contributed by atoms with van der Waals surface area (Å²) < 4.78 is 2.76. The van der Waals surface area contributed by atoms with Crippen LogP contribution in [-0.4, -0.2) is 20.0 Å². The Labute approximate surface area is 92.1 Å². The molecule has 2 N–H and O–H groups in total. The molecule has 5 nitrogen and oxygen atoms in total. The Morgan fingerprint density at radius 1 is 1.62 bits per heavy atom. The molecule has 13 heavy (non-hydrogen) atoms. The van der Waals surface area contributed by atoms with Gasteiger partial charge in [-0.3, -0.25) is 0 Å². The zero-order valence-corrected chi connectivity index (χ0v) is 9.49. The van der Waals surface area contributed by atoms with E-state index in [0.717, 1.165) is 9.39 Å². The van der Waals surface area contributed by atoms with Crippen molar-refractivity contribution in [1.82, 2.24) is 20.0 Å². The Bertz CT molecular complexity index is 409. The van der Waals surface area contributed by atoms with Crippen LogP contribution in [0.25, 0.3) is 0 Å². The summed E-state index contributed by atoms with van der Waals surface area (Å²) in [5.41, 5.74) is 6.43. The van der Waals surface area contributed by atoms with Crippen molar-refractivity contribution in [3.05, 3.63) is 21.0 Å². The molecule has 68 valence electrons. The summed E-state index contributed by atoms with van der Waals surface area (Å²) >= 11 is 3.61. The van der Waals surface area contributed by atoms with Gasteiger partial charge in [0.25, 0.3) is 0 Å². The molecular formula is C6H6IN5S. The van der Waals surface area contributed by atoms with Crippen LogP contribution in [-0.2, 0) is 6.54 Å². The molecule has 0 aliphatic carbocycles.